The van der Waals surface area contributed by atoms with E-state index in [4.69, 9.17) is 0 Å². The molecule has 31 heavy (non-hydrogen) atoms. The lowest BCUT2D eigenvalue weighted by atomic mass is 10.2. The van der Waals surface area contributed by atoms with Crippen LogP contribution in [-0.4, -0.2) is 24.2 Å². The van der Waals surface area contributed by atoms with Gasteiger partial charge in [-0.15, -0.1) is 0 Å². The highest BCUT2D eigenvalue weighted by Gasteiger charge is 2.27. The highest BCUT2D eigenvalue weighted by molar-refractivity contribution is 7.78. The molecule has 3 aromatic carbocycles. The number of hydrazone groups is 1. The van der Waals surface area contributed by atoms with E-state index in [1.807, 2.05) is 91.0 Å². The number of nitrogens with zero attached hydrogens (tertiary/aromatic N) is 1. The zero-order chi connectivity index (χ0) is 21.9. The van der Waals surface area contributed by atoms with Crippen LogP contribution in [0.1, 0.15) is 12.0 Å². The molecular formula is C24H24N3O3P. The minimum atomic E-state index is -2.97. The highest BCUT2D eigenvalue weighted by Crippen LogP contribution is 2.43. The van der Waals surface area contributed by atoms with Crippen LogP contribution in [-0.2, 0) is 20.7 Å². The first-order chi connectivity index (χ1) is 15.1. The lowest BCUT2D eigenvalue weighted by molar-refractivity contribution is -0.120. The first kappa shape index (κ1) is 22.2. The van der Waals surface area contributed by atoms with Crippen LogP contribution < -0.4 is 21.4 Å². The van der Waals surface area contributed by atoms with Gasteiger partial charge in [-0.3, -0.25) is 9.59 Å². The zero-order valence-corrected chi connectivity index (χ0v) is 17.9. The molecule has 6 nitrogen and oxygen atoms in total. The Bertz CT molecular complexity index is 1030. The molecule has 0 aliphatic heterocycles. The molecular weight excluding hydrogens is 409 g/mol. The van der Waals surface area contributed by atoms with Gasteiger partial charge in [0.2, 0.25) is 5.91 Å². The van der Waals surface area contributed by atoms with Crippen LogP contribution in [0.5, 0.6) is 0 Å². The van der Waals surface area contributed by atoms with Gasteiger partial charge in [0.25, 0.3) is 5.91 Å². The highest BCUT2D eigenvalue weighted by atomic mass is 31.2. The first-order valence-corrected chi connectivity index (χ1v) is 11.8. The van der Waals surface area contributed by atoms with Crippen LogP contribution in [0.3, 0.4) is 0 Å². The van der Waals surface area contributed by atoms with E-state index in [0.29, 0.717) is 17.2 Å². The molecule has 3 rings (SSSR count). The van der Waals surface area contributed by atoms with Crippen molar-refractivity contribution in [2.24, 2.45) is 5.10 Å². The standard InChI is InChI=1S/C24H24N3O3P/c28-23(27-26-19-24(29)25-18-20-10-4-1-5-11-20)16-17-31(30,21-12-6-2-7-13-21)22-14-8-3-9-15-22/h1-15,19H,16-18H2,(H,25,29)(H,27,28)/b26-19+. The fourth-order valence-corrected chi connectivity index (χ4v) is 5.69. The molecule has 0 spiro atoms. The Morgan fingerprint density at radius 3 is 1.87 bits per heavy atom. The number of carbonyl (C=O) groups is 2. The van der Waals surface area contributed by atoms with E-state index in [0.717, 1.165) is 11.8 Å². The molecule has 0 aromatic heterocycles. The number of nitrogens with one attached hydrogen (secondary N) is 2. The Hall–Kier alpha value is -3.50. The van der Waals surface area contributed by atoms with E-state index in [9.17, 15) is 14.2 Å². The SMILES string of the molecule is O=C(/C=N/NC(=O)CCP(=O)(c1ccccc1)c1ccccc1)NCc1ccccc1. The maximum atomic E-state index is 13.8. The van der Waals surface area contributed by atoms with Gasteiger partial charge >= 0.3 is 0 Å². The summed E-state index contributed by atoms with van der Waals surface area (Å²) in [6.45, 7) is 0.372. The quantitative estimate of drug-likeness (QED) is 0.309. The van der Waals surface area contributed by atoms with Crippen LogP contribution >= 0.6 is 7.14 Å². The number of rotatable bonds is 9. The molecule has 0 bridgehead atoms. The molecule has 0 fully saturated rings. The summed E-state index contributed by atoms with van der Waals surface area (Å²) in [5.41, 5.74) is 3.30. The van der Waals surface area contributed by atoms with Crippen molar-refractivity contribution in [1.29, 1.82) is 0 Å². The lowest BCUT2D eigenvalue weighted by Crippen LogP contribution is -2.27. The minimum absolute atomic E-state index is 0.0179. The second-order valence-corrected chi connectivity index (χ2v) is 9.84. The van der Waals surface area contributed by atoms with E-state index in [2.05, 4.69) is 15.8 Å². The molecule has 2 amide bonds. The third-order valence-corrected chi connectivity index (χ3v) is 7.80. The summed E-state index contributed by atoms with van der Waals surface area (Å²) in [7, 11) is -2.97. The van der Waals surface area contributed by atoms with Crippen molar-refractivity contribution in [3.8, 4) is 0 Å². The molecule has 0 aliphatic rings. The van der Waals surface area contributed by atoms with Crippen molar-refractivity contribution >= 4 is 35.8 Å². The maximum Gasteiger partial charge on any atom is 0.264 e. The van der Waals surface area contributed by atoms with Gasteiger partial charge in [-0.1, -0.05) is 91.0 Å². The molecule has 158 valence electrons. The molecule has 0 saturated heterocycles. The van der Waals surface area contributed by atoms with Gasteiger partial charge in [-0.2, -0.15) is 5.10 Å². The third kappa shape index (κ3) is 6.49. The molecule has 2 N–H and O–H groups in total. The van der Waals surface area contributed by atoms with Crippen molar-refractivity contribution < 1.29 is 14.2 Å². The van der Waals surface area contributed by atoms with Crippen LogP contribution in [0.2, 0.25) is 0 Å². The molecule has 7 heteroatoms. The van der Waals surface area contributed by atoms with Crippen molar-refractivity contribution in [2.75, 3.05) is 6.16 Å². The Balaban J connectivity index is 1.55. The number of hydrogen-bond acceptors (Lipinski definition) is 4. The third-order valence-electron chi connectivity index (χ3n) is 4.68. The molecule has 0 unspecified atom stereocenters. The van der Waals surface area contributed by atoms with Crippen molar-refractivity contribution in [2.45, 2.75) is 13.0 Å². The van der Waals surface area contributed by atoms with Crippen molar-refractivity contribution in [3.05, 3.63) is 96.6 Å². The van der Waals surface area contributed by atoms with Gasteiger partial charge in [0.15, 0.2) is 0 Å². The Kier molecular flexibility index (Phi) is 7.91. The second kappa shape index (κ2) is 11.0. The number of amides is 2. The van der Waals surface area contributed by atoms with E-state index in [1.165, 1.54) is 0 Å². The fourth-order valence-electron chi connectivity index (χ4n) is 3.05. The Morgan fingerprint density at radius 1 is 0.806 bits per heavy atom. The maximum absolute atomic E-state index is 13.8. The van der Waals surface area contributed by atoms with Gasteiger partial charge in [-0.25, -0.2) is 5.43 Å². The predicted molar refractivity (Wildman–Crippen MR) is 124 cm³/mol. The largest absolute Gasteiger partial charge is 0.347 e. The van der Waals surface area contributed by atoms with Crippen LogP contribution in [0.15, 0.2) is 96.1 Å². The summed E-state index contributed by atoms with van der Waals surface area (Å²) >= 11 is 0. The van der Waals surface area contributed by atoms with Gasteiger partial charge in [0, 0.05) is 29.7 Å². The predicted octanol–water partition coefficient (Wildman–Crippen LogP) is 2.81. The average Bonchev–Trinajstić information content (AvgIpc) is 2.83. The number of benzene rings is 3. The van der Waals surface area contributed by atoms with Crippen molar-refractivity contribution in [3.63, 3.8) is 0 Å². The number of carbonyl (C=O) groups excluding carboxylic acids is 2. The summed E-state index contributed by atoms with van der Waals surface area (Å²) in [6.07, 6.45) is 1.21. The fraction of sp³-hybridized carbons (Fsp3) is 0.125. The van der Waals surface area contributed by atoms with E-state index < -0.39 is 19.0 Å². The summed E-state index contributed by atoms with van der Waals surface area (Å²) < 4.78 is 13.8. The molecule has 3 aromatic rings. The second-order valence-electron chi connectivity index (χ2n) is 6.88. The topological polar surface area (TPSA) is 87.6 Å². The van der Waals surface area contributed by atoms with Crippen LogP contribution in [0.4, 0.5) is 0 Å². The first-order valence-electron chi connectivity index (χ1n) is 9.92. The van der Waals surface area contributed by atoms with Gasteiger partial charge < -0.3 is 9.88 Å². The Morgan fingerprint density at radius 2 is 1.32 bits per heavy atom. The summed E-state index contributed by atoms with van der Waals surface area (Å²) in [4.78, 5) is 24.1. The summed E-state index contributed by atoms with van der Waals surface area (Å²) in [5, 5.41) is 7.80. The lowest BCUT2D eigenvalue weighted by Gasteiger charge is -2.18. The van der Waals surface area contributed by atoms with Crippen LogP contribution in [0, 0.1) is 0 Å². The average molecular weight is 433 g/mol. The smallest absolute Gasteiger partial charge is 0.264 e. The summed E-state index contributed by atoms with van der Waals surface area (Å²) in [6, 6.07) is 27.8. The van der Waals surface area contributed by atoms with Gasteiger partial charge in [0.05, 0.1) is 0 Å². The zero-order valence-electron chi connectivity index (χ0n) is 17.0. The monoisotopic (exact) mass is 433 g/mol. The van der Waals surface area contributed by atoms with Gasteiger partial charge in [-0.05, 0) is 5.56 Å². The normalized spacial score (nSPS) is 11.2. The van der Waals surface area contributed by atoms with E-state index >= 15 is 0 Å². The molecule has 0 aliphatic carbocycles. The van der Waals surface area contributed by atoms with Gasteiger partial charge in [0.1, 0.15) is 13.4 Å². The molecule has 0 heterocycles. The minimum Gasteiger partial charge on any atom is -0.347 e. The van der Waals surface area contributed by atoms with Crippen LogP contribution in [0.25, 0.3) is 0 Å². The summed E-state index contributed by atoms with van der Waals surface area (Å²) in [5.74, 6) is -0.817. The molecule has 0 saturated carbocycles. The number of hydrogen-bond donors (Lipinski definition) is 2. The Labute approximate surface area is 181 Å². The van der Waals surface area contributed by atoms with E-state index in [-0.39, 0.29) is 12.6 Å². The van der Waals surface area contributed by atoms with E-state index in [1.54, 1.807) is 0 Å². The van der Waals surface area contributed by atoms with Crippen molar-refractivity contribution in [1.82, 2.24) is 10.7 Å². The molecule has 0 radical (unpaired) electrons. The molecule has 0 atom stereocenters.